The number of ether oxygens (including phenoxy) is 1. The molecule has 0 spiro atoms. The number of guanidine groups is 1. The number of primary amides is 1. The minimum absolute atomic E-state index is 0. The van der Waals surface area contributed by atoms with Gasteiger partial charge in [-0.1, -0.05) is 23.8 Å². The standard InChI is InChI=1S/C19H28N4O2.HI/c1-21-19(22-11-10-15-6-3-2-4-7-15)23-13-16-8-5-9-17(12-16)25-14-18(20)24;/h5-6,8-9,12H,2-4,7,10-11,13-14H2,1H3,(H2,20,24)(H2,21,22,23);1H. The molecule has 2 rings (SSSR count). The number of hydrogen-bond acceptors (Lipinski definition) is 3. The summed E-state index contributed by atoms with van der Waals surface area (Å²) in [5.74, 6) is 0.923. The number of nitrogens with one attached hydrogen (secondary N) is 2. The van der Waals surface area contributed by atoms with Crippen molar-refractivity contribution in [2.45, 2.75) is 38.6 Å². The molecular formula is C19H29IN4O2. The lowest BCUT2D eigenvalue weighted by molar-refractivity contribution is -0.119. The van der Waals surface area contributed by atoms with Gasteiger partial charge in [0.2, 0.25) is 0 Å². The highest BCUT2D eigenvalue weighted by Gasteiger charge is 2.05. The summed E-state index contributed by atoms with van der Waals surface area (Å²) in [7, 11) is 1.77. The molecule has 144 valence electrons. The van der Waals surface area contributed by atoms with E-state index in [1.165, 1.54) is 25.7 Å². The third kappa shape index (κ3) is 8.55. The highest BCUT2D eigenvalue weighted by atomic mass is 127. The van der Waals surface area contributed by atoms with Crippen LogP contribution in [0, 0.1) is 0 Å². The molecule has 0 aliphatic heterocycles. The monoisotopic (exact) mass is 472 g/mol. The average Bonchev–Trinajstić information content (AvgIpc) is 2.64. The van der Waals surface area contributed by atoms with Gasteiger partial charge in [0.25, 0.3) is 5.91 Å². The summed E-state index contributed by atoms with van der Waals surface area (Å²) in [5.41, 5.74) is 7.68. The first-order valence-electron chi connectivity index (χ1n) is 8.80. The molecule has 0 aromatic heterocycles. The fourth-order valence-corrected chi connectivity index (χ4v) is 2.78. The predicted octanol–water partition coefficient (Wildman–Crippen LogP) is 2.72. The van der Waals surface area contributed by atoms with Gasteiger partial charge in [0.15, 0.2) is 12.6 Å². The molecule has 1 aromatic rings. The second kappa shape index (κ2) is 12.6. The van der Waals surface area contributed by atoms with Crippen LogP contribution in [0.3, 0.4) is 0 Å². The van der Waals surface area contributed by atoms with Gasteiger partial charge in [-0.3, -0.25) is 9.79 Å². The van der Waals surface area contributed by atoms with E-state index in [2.05, 4.69) is 21.7 Å². The Morgan fingerprint density at radius 3 is 2.85 bits per heavy atom. The van der Waals surface area contributed by atoms with E-state index in [9.17, 15) is 4.79 Å². The summed E-state index contributed by atoms with van der Waals surface area (Å²) >= 11 is 0. The number of nitrogens with two attached hydrogens (primary N) is 1. The molecule has 7 heteroatoms. The van der Waals surface area contributed by atoms with E-state index in [1.807, 2.05) is 18.2 Å². The molecule has 1 aromatic carbocycles. The molecule has 1 aliphatic carbocycles. The van der Waals surface area contributed by atoms with Crippen molar-refractivity contribution in [3.63, 3.8) is 0 Å². The summed E-state index contributed by atoms with van der Waals surface area (Å²) < 4.78 is 5.32. The number of carbonyl (C=O) groups is 1. The lowest BCUT2D eigenvalue weighted by Gasteiger charge is -2.15. The van der Waals surface area contributed by atoms with Crippen LogP contribution in [-0.4, -0.2) is 32.1 Å². The molecule has 0 heterocycles. The summed E-state index contributed by atoms with van der Waals surface area (Å²) in [6.07, 6.45) is 8.52. The van der Waals surface area contributed by atoms with Crippen LogP contribution in [-0.2, 0) is 11.3 Å². The Balaban J connectivity index is 0.00000338. The van der Waals surface area contributed by atoms with E-state index in [4.69, 9.17) is 10.5 Å². The predicted molar refractivity (Wildman–Crippen MR) is 116 cm³/mol. The quantitative estimate of drug-likeness (QED) is 0.235. The zero-order chi connectivity index (χ0) is 17.9. The fraction of sp³-hybridized carbons (Fsp3) is 0.474. The number of aliphatic imine (C=N–C) groups is 1. The molecule has 1 amide bonds. The number of allylic oxidation sites excluding steroid dienone is 1. The van der Waals surface area contributed by atoms with Crippen molar-refractivity contribution in [1.82, 2.24) is 10.6 Å². The highest BCUT2D eigenvalue weighted by molar-refractivity contribution is 14.0. The lowest BCUT2D eigenvalue weighted by atomic mass is 9.97. The summed E-state index contributed by atoms with van der Waals surface area (Å²) in [6.45, 7) is 1.39. The van der Waals surface area contributed by atoms with Gasteiger partial charge in [-0.05, 0) is 49.8 Å². The summed E-state index contributed by atoms with van der Waals surface area (Å²) in [4.78, 5) is 15.0. The Bertz CT molecular complexity index is 632. The van der Waals surface area contributed by atoms with E-state index < -0.39 is 5.91 Å². The number of amides is 1. The van der Waals surface area contributed by atoms with Crippen molar-refractivity contribution in [2.75, 3.05) is 20.2 Å². The number of rotatable bonds is 8. The largest absolute Gasteiger partial charge is 0.484 e. The van der Waals surface area contributed by atoms with Crippen molar-refractivity contribution in [3.8, 4) is 5.75 Å². The van der Waals surface area contributed by atoms with Crippen LogP contribution in [0.15, 0.2) is 40.9 Å². The van der Waals surface area contributed by atoms with E-state index in [1.54, 1.807) is 18.7 Å². The van der Waals surface area contributed by atoms with Gasteiger partial charge >= 0.3 is 0 Å². The van der Waals surface area contributed by atoms with Gasteiger partial charge in [0.05, 0.1) is 0 Å². The maximum atomic E-state index is 10.8. The van der Waals surface area contributed by atoms with Crippen molar-refractivity contribution in [3.05, 3.63) is 41.5 Å². The van der Waals surface area contributed by atoms with Gasteiger partial charge in [0, 0.05) is 20.1 Å². The van der Waals surface area contributed by atoms with E-state index >= 15 is 0 Å². The van der Waals surface area contributed by atoms with Crippen molar-refractivity contribution >= 4 is 35.8 Å². The minimum atomic E-state index is -0.485. The smallest absolute Gasteiger partial charge is 0.255 e. The molecule has 1 aliphatic rings. The van der Waals surface area contributed by atoms with Gasteiger partial charge in [-0.25, -0.2) is 0 Å². The van der Waals surface area contributed by atoms with Gasteiger partial charge in [-0.2, -0.15) is 0 Å². The van der Waals surface area contributed by atoms with E-state index in [0.29, 0.717) is 12.3 Å². The van der Waals surface area contributed by atoms with Crippen molar-refractivity contribution in [1.29, 1.82) is 0 Å². The summed E-state index contributed by atoms with van der Waals surface area (Å²) in [6, 6.07) is 7.57. The van der Waals surface area contributed by atoms with Crippen LogP contribution in [0.2, 0.25) is 0 Å². The Labute approximate surface area is 172 Å². The summed E-state index contributed by atoms with van der Waals surface area (Å²) in [5, 5.41) is 6.64. The van der Waals surface area contributed by atoms with Gasteiger partial charge in [0.1, 0.15) is 5.75 Å². The third-order valence-corrected chi connectivity index (χ3v) is 4.09. The molecule has 0 bridgehead atoms. The molecule has 4 N–H and O–H groups in total. The molecular weight excluding hydrogens is 443 g/mol. The van der Waals surface area contributed by atoms with Gasteiger partial charge in [-0.15, -0.1) is 24.0 Å². The van der Waals surface area contributed by atoms with E-state index in [0.717, 1.165) is 24.5 Å². The second-order valence-electron chi connectivity index (χ2n) is 6.11. The van der Waals surface area contributed by atoms with Crippen molar-refractivity contribution < 1.29 is 9.53 Å². The zero-order valence-corrected chi connectivity index (χ0v) is 17.6. The van der Waals surface area contributed by atoms with E-state index in [-0.39, 0.29) is 30.6 Å². The van der Waals surface area contributed by atoms with Crippen LogP contribution in [0.5, 0.6) is 5.75 Å². The van der Waals surface area contributed by atoms with Crippen LogP contribution < -0.4 is 21.1 Å². The molecule has 0 fully saturated rings. The zero-order valence-electron chi connectivity index (χ0n) is 15.3. The van der Waals surface area contributed by atoms with Crippen LogP contribution in [0.4, 0.5) is 0 Å². The molecule has 0 saturated heterocycles. The van der Waals surface area contributed by atoms with Gasteiger partial charge < -0.3 is 21.1 Å². The van der Waals surface area contributed by atoms with Crippen LogP contribution >= 0.6 is 24.0 Å². The Hall–Kier alpha value is -1.77. The van der Waals surface area contributed by atoms with Crippen LogP contribution in [0.1, 0.15) is 37.7 Å². The number of carbonyl (C=O) groups excluding carboxylic acids is 1. The first-order valence-corrected chi connectivity index (χ1v) is 8.80. The number of hydrogen-bond donors (Lipinski definition) is 3. The molecule has 0 radical (unpaired) electrons. The Kier molecular flexibility index (Phi) is 10.8. The van der Waals surface area contributed by atoms with Crippen LogP contribution in [0.25, 0.3) is 0 Å². The Morgan fingerprint density at radius 1 is 1.31 bits per heavy atom. The molecule has 6 nitrogen and oxygen atoms in total. The Morgan fingerprint density at radius 2 is 2.15 bits per heavy atom. The minimum Gasteiger partial charge on any atom is -0.484 e. The fourth-order valence-electron chi connectivity index (χ4n) is 2.78. The topological polar surface area (TPSA) is 88.7 Å². The molecule has 26 heavy (non-hydrogen) atoms. The first kappa shape index (κ1) is 22.3. The maximum Gasteiger partial charge on any atom is 0.255 e. The number of halogens is 1. The molecule has 0 saturated carbocycles. The second-order valence-corrected chi connectivity index (χ2v) is 6.11. The highest BCUT2D eigenvalue weighted by Crippen LogP contribution is 2.19. The normalized spacial score (nSPS) is 14.0. The van der Waals surface area contributed by atoms with Crippen molar-refractivity contribution in [2.24, 2.45) is 10.7 Å². The number of benzene rings is 1. The first-order chi connectivity index (χ1) is 12.2. The molecule has 0 unspecified atom stereocenters. The average molecular weight is 472 g/mol. The molecule has 0 atom stereocenters. The number of nitrogens with zero attached hydrogens (tertiary/aromatic N) is 1. The maximum absolute atomic E-state index is 10.8. The SMILES string of the molecule is CN=C(NCCC1=CCCCC1)NCc1cccc(OCC(N)=O)c1.I. The third-order valence-electron chi connectivity index (χ3n) is 4.09. The lowest BCUT2D eigenvalue weighted by Crippen LogP contribution is -2.37.